The highest BCUT2D eigenvalue weighted by molar-refractivity contribution is 7.14. The van der Waals surface area contributed by atoms with Crippen LogP contribution < -0.4 is 20.1 Å². The minimum Gasteiger partial charge on any atom is -0.493 e. The molecule has 2 N–H and O–H groups in total. The third-order valence-electron chi connectivity index (χ3n) is 4.35. The van der Waals surface area contributed by atoms with Gasteiger partial charge in [0.1, 0.15) is 0 Å². The maximum atomic E-state index is 12.5. The number of hydrogen-bond donors (Lipinski definition) is 2. The molecule has 0 fully saturated rings. The van der Waals surface area contributed by atoms with Crippen LogP contribution in [-0.2, 0) is 16.0 Å². The van der Waals surface area contributed by atoms with Gasteiger partial charge >= 0.3 is 5.97 Å². The Morgan fingerprint density at radius 1 is 0.906 bits per heavy atom. The van der Waals surface area contributed by atoms with E-state index in [1.165, 1.54) is 32.7 Å². The first-order valence-corrected chi connectivity index (χ1v) is 10.3. The molecule has 0 unspecified atom stereocenters. The lowest BCUT2D eigenvalue weighted by atomic mass is 10.2. The van der Waals surface area contributed by atoms with Crippen LogP contribution in [0.4, 0.5) is 10.8 Å². The monoisotopic (exact) mass is 455 g/mol. The Morgan fingerprint density at radius 2 is 1.59 bits per heavy atom. The average molecular weight is 455 g/mol. The van der Waals surface area contributed by atoms with E-state index in [0.717, 1.165) is 0 Å². The van der Waals surface area contributed by atoms with E-state index in [-0.39, 0.29) is 18.2 Å². The molecule has 0 spiro atoms. The molecule has 1 aromatic heterocycles. The fourth-order valence-corrected chi connectivity index (χ4v) is 3.47. The van der Waals surface area contributed by atoms with Crippen LogP contribution in [0.25, 0.3) is 0 Å². The topological polar surface area (TPSA) is 116 Å². The number of benzene rings is 2. The van der Waals surface area contributed by atoms with Gasteiger partial charge in [0.25, 0.3) is 5.91 Å². The van der Waals surface area contributed by atoms with Crippen LogP contribution in [-0.4, -0.2) is 44.1 Å². The van der Waals surface area contributed by atoms with Crippen LogP contribution in [0.5, 0.6) is 11.5 Å². The normalized spacial score (nSPS) is 10.2. The van der Waals surface area contributed by atoms with E-state index in [1.807, 2.05) is 0 Å². The molecule has 0 saturated carbocycles. The van der Waals surface area contributed by atoms with Gasteiger partial charge in [-0.15, -0.1) is 11.3 Å². The van der Waals surface area contributed by atoms with Gasteiger partial charge in [0.05, 0.1) is 39.0 Å². The van der Waals surface area contributed by atoms with E-state index in [4.69, 9.17) is 9.47 Å². The second kappa shape index (κ2) is 10.4. The Morgan fingerprint density at radius 3 is 2.25 bits per heavy atom. The number of methoxy groups -OCH3 is 3. The Kier molecular flexibility index (Phi) is 7.40. The Bertz CT molecular complexity index is 1130. The molecule has 0 atom stereocenters. The summed E-state index contributed by atoms with van der Waals surface area (Å²) in [4.78, 5) is 40.5. The fourth-order valence-electron chi connectivity index (χ4n) is 2.77. The van der Waals surface area contributed by atoms with Crippen LogP contribution in [0.15, 0.2) is 47.8 Å². The van der Waals surface area contributed by atoms with Crippen LogP contribution in [0.1, 0.15) is 26.4 Å². The minimum atomic E-state index is -0.451. The lowest BCUT2D eigenvalue weighted by molar-refractivity contribution is -0.115. The van der Waals surface area contributed by atoms with Gasteiger partial charge in [-0.1, -0.05) is 0 Å². The van der Waals surface area contributed by atoms with Crippen molar-refractivity contribution in [2.75, 3.05) is 32.0 Å². The standard InChI is InChI=1S/C22H21N3O6S/c1-29-17-9-6-14(10-18(17)30-2)20(27)25-22-24-16(12-32-22)11-19(26)23-15-7-4-13(5-8-15)21(28)31-3/h4-10,12H,11H2,1-3H3,(H,23,26)(H,24,25,27). The molecular weight excluding hydrogens is 434 g/mol. The molecule has 0 bridgehead atoms. The number of esters is 1. The van der Waals surface area contributed by atoms with E-state index in [0.29, 0.717) is 39.1 Å². The number of hydrogen-bond acceptors (Lipinski definition) is 8. The van der Waals surface area contributed by atoms with Crippen LogP contribution in [0.2, 0.25) is 0 Å². The second-order valence-electron chi connectivity index (χ2n) is 6.46. The molecular formula is C22H21N3O6S. The Labute approximate surface area is 188 Å². The number of carbonyl (C=O) groups excluding carboxylic acids is 3. The first-order valence-electron chi connectivity index (χ1n) is 9.39. The average Bonchev–Trinajstić information content (AvgIpc) is 3.24. The summed E-state index contributed by atoms with van der Waals surface area (Å²) >= 11 is 1.22. The van der Waals surface area contributed by atoms with Crippen molar-refractivity contribution in [1.29, 1.82) is 0 Å². The molecule has 166 valence electrons. The molecule has 0 aliphatic heterocycles. The Balaban J connectivity index is 1.58. The van der Waals surface area contributed by atoms with Crippen molar-refractivity contribution in [2.24, 2.45) is 0 Å². The number of nitrogens with one attached hydrogen (secondary N) is 2. The molecule has 3 aromatic rings. The zero-order valence-corrected chi connectivity index (χ0v) is 18.4. The summed E-state index contributed by atoms with van der Waals surface area (Å²) < 4.78 is 15.0. The number of amides is 2. The molecule has 1 heterocycles. The third-order valence-corrected chi connectivity index (χ3v) is 5.16. The van der Waals surface area contributed by atoms with Gasteiger partial charge in [-0.05, 0) is 42.5 Å². The van der Waals surface area contributed by atoms with Crippen molar-refractivity contribution in [3.8, 4) is 11.5 Å². The van der Waals surface area contributed by atoms with Crippen molar-refractivity contribution in [1.82, 2.24) is 4.98 Å². The highest BCUT2D eigenvalue weighted by atomic mass is 32.1. The molecule has 0 saturated heterocycles. The number of ether oxygens (including phenoxy) is 3. The molecule has 3 rings (SSSR count). The van der Waals surface area contributed by atoms with Crippen molar-refractivity contribution in [2.45, 2.75) is 6.42 Å². The van der Waals surface area contributed by atoms with Gasteiger partial charge in [-0.3, -0.25) is 14.9 Å². The molecule has 0 aliphatic rings. The minimum absolute atomic E-state index is 0.0292. The van der Waals surface area contributed by atoms with Gasteiger partial charge < -0.3 is 19.5 Å². The summed E-state index contributed by atoms with van der Waals surface area (Å²) in [6, 6.07) is 11.2. The number of rotatable bonds is 8. The predicted molar refractivity (Wildman–Crippen MR) is 120 cm³/mol. The third kappa shape index (κ3) is 5.61. The zero-order chi connectivity index (χ0) is 23.1. The largest absolute Gasteiger partial charge is 0.493 e. The number of nitrogens with zero attached hydrogens (tertiary/aromatic N) is 1. The van der Waals surface area contributed by atoms with Crippen molar-refractivity contribution >= 4 is 39.9 Å². The van der Waals surface area contributed by atoms with Gasteiger partial charge in [0, 0.05) is 16.6 Å². The first kappa shape index (κ1) is 22.8. The summed E-state index contributed by atoms with van der Waals surface area (Å²) in [7, 11) is 4.31. The number of anilines is 2. The van der Waals surface area contributed by atoms with Crippen molar-refractivity contribution < 1.29 is 28.6 Å². The molecule has 10 heteroatoms. The lowest BCUT2D eigenvalue weighted by Crippen LogP contribution is -2.15. The molecule has 0 aliphatic carbocycles. The summed E-state index contributed by atoms with van der Waals surface area (Å²) in [5.74, 6) is -0.128. The highest BCUT2D eigenvalue weighted by Gasteiger charge is 2.14. The van der Waals surface area contributed by atoms with Gasteiger partial charge in [0.15, 0.2) is 16.6 Å². The first-order chi connectivity index (χ1) is 15.4. The smallest absolute Gasteiger partial charge is 0.337 e. The molecule has 32 heavy (non-hydrogen) atoms. The number of aromatic nitrogens is 1. The van der Waals surface area contributed by atoms with Crippen molar-refractivity contribution in [3.05, 3.63) is 64.7 Å². The van der Waals surface area contributed by atoms with Crippen LogP contribution in [0, 0.1) is 0 Å². The van der Waals surface area contributed by atoms with Crippen molar-refractivity contribution in [3.63, 3.8) is 0 Å². The maximum Gasteiger partial charge on any atom is 0.337 e. The molecule has 2 aromatic carbocycles. The lowest BCUT2D eigenvalue weighted by Gasteiger charge is -2.09. The summed E-state index contributed by atoms with van der Waals surface area (Å²) in [5.41, 5.74) is 1.83. The van der Waals surface area contributed by atoms with Gasteiger partial charge in [-0.2, -0.15) is 0 Å². The molecule has 9 nitrogen and oxygen atoms in total. The number of thiazole rings is 1. The van der Waals surface area contributed by atoms with E-state index in [1.54, 1.807) is 47.8 Å². The van der Waals surface area contributed by atoms with Gasteiger partial charge in [0.2, 0.25) is 5.91 Å². The maximum absolute atomic E-state index is 12.5. The molecule has 2 amide bonds. The number of carbonyl (C=O) groups is 3. The van der Waals surface area contributed by atoms with Gasteiger partial charge in [-0.25, -0.2) is 9.78 Å². The molecule has 0 radical (unpaired) electrons. The Hall–Kier alpha value is -3.92. The van der Waals surface area contributed by atoms with E-state index in [2.05, 4.69) is 20.4 Å². The predicted octanol–water partition coefficient (Wildman–Crippen LogP) is 3.38. The summed E-state index contributed by atoms with van der Waals surface area (Å²) in [6.07, 6.45) is 0.0292. The van der Waals surface area contributed by atoms with Crippen LogP contribution >= 0.6 is 11.3 Å². The highest BCUT2D eigenvalue weighted by Crippen LogP contribution is 2.28. The SMILES string of the molecule is COC(=O)c1ccc(NC(=O)Cc2csc(NC(=O)c3ccc(OC)c(OC)c3)n2)cc1. The summed E-state index contributed by atoms with van der Waals surface area (Å²) in [6.45, 7) is 0. The van der Waals surface area contributed by atoms with E-state index in [9.17, 15) is 14.4 Å². The fraction of sp³-hybridized carbons (Fsp3) is 0.182. The quantitative estimate of drug-likeness (QED) is 0.500. The second-order valence-corrected chi connectivity index (χ2v) is 7.32. The van der Waals surface area contributed by atoms with Crippen LogP contribution in [0.3, 0.4) is 0 Å². The zero-order valence-electron chi connectivity index (χ0n) is 17.6. The summed E-state index contributed by atoms with van der Waals surface area (Å²) in [5, 5.41) is 7.51. The van der Waals surface area contributed by atoms with E-state index < -0.39 is 5.97 Å². The van der Waals surface area contributed by atoms with E-state index >= 15 is 0 Å².